The largest absolute Gasteiger partial charge is 0.478 e. The predicted molar refractivity (Wildman–Crippen MR) is 85.2 cm³/mol. The normalized spacial score (nSPS) is 13.0. The maximum Gasteiger partial charge on any atom is 0.337 e. The number of hydrogen-bond donors (Lipinski definition) is 3. The first kappa shape index (κ1) is 17.8. The molecule has 0 saturated carbocycles. The average molecular weight is 332 g/mol. The van der Waals surface area contributed by atoms with Crippen LogP contribution in [0, 0.1) is 0 Å². The number of nitrogens with one attached hydrogen (secondary N) is 1. The second-order valence-corrected chi connectivity index (χ2v) is 7.64. The second-order valence-electron chi connectivity index (χ2n) is 4.57. The summed E-state index contributed by atoms with van der Waals surface area (Å²) in [6, 6.07) is 3.45. The molecule has 0 bridgehead atoms. The number of sulfonamides is 1. The lowest BCUT2D eigenvalue weighted by atomic mass is 10.2. The maximum absolute atomic E-state index is 12.3. The van der Waals surface area contributed by atoms with E-state index >= 15 is 0 Å². The van der Waals surface area contributed by atoms with Crippen LogP contribution in [-0.4, -0.2) is 37.0 Å². The van der Waals surface area contributed by atoms with Gasteiger partial charge in [0.1, 0.15) is 0 Å². The van der Waals surface area contributed by atoms with Gasteiger partial charge in [-0.15, -0.1) is 0 Å². The molecule has 0 aliphatic carbocycles. The zero-order chi connectivity index (χ0) is 16.0. The van der Waals surface area contributed by atoms with Crippen LogP contribution in [0.15, 0.2) is 23.1 Å². The number of thioether (sulfide) groups is 1. The molecule has 1 unspecified atom stereocenters. The highest BCUT2D eigenvalue weighted by Gasteiger charge is 2.24. The minimum atomic E-state index is -3.91. The number of aromatic carboxylic acids is 1. The molecule has 4 N–H and O–H groups in total. The molecule has 0 saturated heterocycles. The third kappa shape index (κ3) is 5.22. The number of nitrogens with two attached hydrogens (primary N) is 1. The van der Waals surface area contributed by atoms with Crippen LogP contribution in [-0.2, 0) is 10.0 Å². The van der Waals surface area contributed by atoms with Crippen molar-refractivity contribution in [3.8, 4) is 0 Å². The standard InChI is InChI=1S/C13H20N2O4S2/c1-3-20-7-6-9(2)15-21(18,19)12-8-10(14)4-5-11(12)13(16)17/h4-5,8-9,15H,3,6-7,14H2,1-2H3,(H,16,17). The monoisotopic (exact) mass is 332 g/mol. The van der Waals surface area contributed by atoms with Gasteiger partial charge in [-0.3, -0.25) is 0 Å². The minimum absolute atomic E-state index is 0.203. The summed E-state index contributed by atoms with van der Waals surface area (Å²) in [5.41, 5.74) is 5.48. The molecule has 0 radical (unpaired) electrons. The van der Waals surface area contributed by atoms with Crippen LogP contribution >= 0.6 is 11.8 Å². The van der Waals surface area contributed by atoms with Crippen LogP contribution in [0.1, 0.15) is 30.6 Å². The molecule has 0 amide bonds. The number of carboxylic acids is 1. The highest BCUT2D eigenvalue weighted by molar-refractivity contribution is 7.99. The lowest BCUT2D eigenvalue weighted by Crippen LogP contribution is -2.34. The summed E-state index contributed by atoms with van der Waals surface area (Å²) < 4.78 is 27.1. The highest BCUT2D eigenvalue weighted by Crippen LogP contribution is 2.20. The Morgan fingerprint density at radius 3 is 2.71 bits per heavy atom. The number of nitrogen functional groups attached to an aromatic ring is 1. The van der Waals surface area contributed by atoms with Crippen LogP contribution in [0.4, 0.5) is 5.69 Å². The fraction of sp³-hybridized carbons (Fsp3) is 0.462. The lowest BCUT2D eigenvalue weighted by Gasteiger charge is -2.15. The van der Waals surface area contributed by atoms with Gasteiger partial charge in [0.05, 0.1) is 10.5 Å². The lowest BCUT2D eigenvalue weighted by molar-refractivity contribution is 0.0692. The van der Waals surface area contributed by atoms with E-state index in [0.29, 0.717) is 6.42 Å². The first-order valence-electron chi connectivity index (χ1n) is 6.50. The average Bonchev–Trinajstić information content (AvgIpc) is 2.38. The van der Waals surface area contributed by atoms with Gasteiger partial charge >= 0.3 is 5.97 Å². The van der Waals surface area contributed by atoms with Gasteiger partial charge in [0.2, 0.25) is 10.0 Å². The highest BCUT2D eigenvalue weighted by atomic mass is 32.2. The molecule has 0 aliphatic heterocycles. The van der Waals surface area contributed by atoms with E-state index in [4.69, 9.17) is 10.8 Å². The smallest absolute Gasteiger partial charge is 0.337 e. The van der Waals surface area contributed by atoms with Gasteiger partial charge in [-0.2, -0.15) is 11.8 Å². The molecular weight excluding hydrogens is 312 g/mol. The molecule has 0 aliphatic rings. The summed E-state index contributed by atoms with van der Waals surface area (Å²) in [5.74, 6) is 0.505. The van der Waals surface area contributed by atoms with E-state index in [2.05, 4.69) is 4.72 Å². The molecule has 0 fully saturated rings. The van der Waals surface area contributed by atoms with Crippen molar-refractivity contribution < 1.29 is 18.3 Å². The van der Waals surface area contributed by atoms with Crippen molar-refractivity contribution in [2.75, 3.05) is 17.2 Å². The van der Waals surface area contributed by atoms with E-state index in [1.165, 1.54) is 18.2 Å². The molecule has 118 valence electrons. The Morgan fingerprint density at radius 1 is 1.48 bits per heavy atom. The quantitative estimate of drug-likeness (QED) is 0.494. The number of rotatable bonds is 8. The summed E-state index contributed by atoms with van der Waals surface area (Å²) in [4.78, 5) is 10.8. The number of benzene rings is 1. The Balaban J connectivity index is 2.97. The van der Waals surface area contributed by atoms with Gasteiger partial charge in [0, 0.05) is 11.7 Å². The molecule has 0 aromatic heterocycles. The maximum atomic E-state index is 12.3. The van der Waals surface area contributed by atoms with E-state index in [1.54, 1.807) is 18.7 Å². The van der Waals surface area contributed by atoms with Gasteiger partial charge < -0.3 is 10.8 Å². The number of carboxylic acid groups (broad SMARTS) is 1. The summed E-state index contributed by atoms with van der Waals surface area (Å²) in [6.07, 6.45) is 0.669. The van der Waals surface area contributed by atoms with Crippen molar-refractivity contribution in [2.24, 2.45) is 0 Å². The first-order valence-corrected chi connectivity index (χ1v) is 9.14. The van der Waals surface area contributed by atoms with E-state index in [0.717, 1.165) is 11.5 Å². The Bertz CT molecular complexity index is 602. The van der Waals surface area contributed by atoms with Crippen LogP contribution in [0.2, 0.25) is 0 Å². The summed E-state index contributed by atoms with van der Waals surface area (Å²) in [6.45, 7) is 3.78. The van der Waals surface area contributed by atoms with Gasteiger partial charge in [-0.05, 0) is 43.0 Å². The van der Waals surface area contributed by atoms with Crippen LogP contribution in [0.5, 0.6) is 0 Å². The van der Waals surface area contributed by atoms with Crippen molar-refractivity contribution in [3.63, 3.8) is 0 Å². The molecule has 1 atom stereocenters. The number of hydrogen-bond acceptors (Lipinski definition) is 5. The number of carbonyl (C=O) groups is 1. The second kappa shape index (κ2) is 7.67. The molecule has 1 aromatic carbocycles. The molecule has 8 heteroatoms. The minimum Gasteiger partial charge on any atom is -0.478 e. The van der Waals surface area contributed by atoms with E-state index in [1.807, 2.05) is 6.92 Å². The van der Waals surface area contributed by atoms with Crippen LogP contribution < -0.4 is 10.5 Å². The van der Waals surface area contributed by atoms with Gasteiger partial charge in [0.15, 0.2) is 0 Å². The molecule has 0 spiro atoms. The predicted octanol–water partition coefficient (Wildman–Crippen LogP) is 1.78. The topological polar surface area (TPSA) is 109 Å². The van der Waals surface area contributed by atoms with Crippen molar-refractivity contribution in [2.45, 2.75) is 31.2 Å². The van der Waals surface area contributed by atoms with Crippen molar-refractivity contribution in [1.29, 1.82) is 0 Å². The number of anilines is 1. The molecule has 6 nitrogen and oxygen atoms in total. The van der Waals surface area contributed by atoms with Crippen LogP contribution in [0.25, 0.3) is 0 Å². The SMILES string of the molecule is CCSCCC(C)NS(=O)(=O)c1cc(N)ccc1C(=O)O. The molecule has 1 rings (SSSR count). The molecule has 0 heterocycles. The molecular formula is C13H20N2O4S2. The molecule has 21 heavy (non-hydrogen) atoms. The zero-order valence-corrected chi connectivity index (χ0v) is 13.6. The van der Waals surface area contributed by atoms with Crippen molar-refractivity contribution in [1.82, 2.24) is 4.72 Å². The Morgan fingerprint density at radius 2 is 2.14 bits per heavy atom. The fourth-order valence-corrected chi connectivity index (χ4v) is 4.05. The summed E-state index contributed by atoms with van der Waals surface area (Å²) >= 11 is 1.72. The first-order chi connectivity index (χ1) is 9.77. The zero-order valence-electron chi connectivity index (χ0n) is 12.0. The summed E-state index contributed by atoms with van der Waals surface area (Å²) in [7, 11) is -3.91. The fourth-order valence-electron chi connectivity index (χ4n) is 1.73. The van der Waals surface area contributed by atoms with Gasteiger partial charge in [-0.25, -0.2) is 17.9 Å². The van der Waals surface area contributed by atoms with Crippen molar-refractivity contribution in [3.05, 3.63) is 23.8 Å². The van der Waals surface area contributed by atoms with E-state index in [-0.39, 0.29) is 22.2 Å². The van der Waals surface area contributed by atoms with Gasteiger partial charge in [0.25, 0.3) is 0 Å². The van der Waals surface area contributed by atoms with Crippen molar-refractivity contribution >= 4 is 33.4 Å². The van der Waals surface area contributed by atoms with E-state index in [9.17, 15) is 13.2 Å². The third-order valence-electron chi connectivity index (χ3n) is 2.78. The molecule has 1 aromatic rings. The van der Waals surface area contributed by atoms with Gasteiger partial charge in [-0.1, -0.05) is 6.92 Å². The van der Waals surface area contributed by atoms with E-state index < -0.39 is 16.0 Å². The Kier molecular flexibility index (Phi) is 6.50. The van der Waals surface area contributed by atoms with Crippen LogP contribution in [0.3, 0.4) is 0 Å². The Labute approximate surface area is 129 Å². The third-order valence-corrected chi connectivity index (χ3v) is 5.34. The Hall–Kier alpha value is -1.25. The summed E-state index contributed by atoms with van der Waals surface area (Å²) in [5, 5.41) is 9.09.